The molecule has 196 valence electrons. The fourth-order valence-corrected chi connectivity index (χ4v) is 4.93. The number of nitrogens with zero attached hydrogens (tertiary/aromatic N) is 3. The second-order valence-corrected chi connectivity index (χ2v) is 10.3. The monoisotopic (exact) mass is 575 g/mol. The van der Waals surface area contributed by atoms with E-state index in [0.717, 1.165) is 58.0 Å². The number of benzene rings is 3. The summed E-state index contributed by atoms with van der Waals surface area (Å²) in [5, 5.41) is 0. The summed E-state index contributed by atoms with van der Waals surface area (Å²) in [5.41, 5.74) is 3.96. The lowest BCUT2D eigenvalue weighted by atomic mass is 10.1. The molecule has 0 spiro atoms. The molecule has 0 amide bonds. The van der Waals surface area contributed by atoms with E-state index >= 15 is 0 Å². The van der Waals surface area contributed by atoms with Gasteiger partial charge in [-0.25, -0.2) is 9.37 Å². The van der Waals surface area contributed by atoms with Gasteiger partial charge in [-0.2, -0.15) is 0 Å². The molecule has 0 aliphatic carbocycles. The second-order valence-electron chi connectivity index (χ2n) is 9.37. The van der Waals surface area contributed by atoms with E-state index in [1.807, 2.05) is 54.7 Å². The third-order valence-electron chi connectivity index (χ3n) is 6.56. The van der Waals surface area contributed by atoms with Gasteiger partial charge in [0, 0.05) is 41.8 Å². The lowest BCUT2D eigenvalue weighted by Crippen LogP contribution is -2.24. The highest BCUT2D eigenvalue weighted by Gasteiger charge is 2.17. The molecule has 0 unspecified atom stereocenters. The Morgan fingerprint density at radius 1 is 1.03 bits per heavy atom. The molecular formula is C31H31BrFN3O2. The zero-order chi connectivity index (χ0) is 26.3. The molecule has 2 heterocycles. The van der Waals surface area contributed by atoms with Crippen LogP contribution >= 0.6 is 15.9 Å². The van der Waals surface area contributed by atoms with E-state index in [1.54, 1.807) is 6.07 Å². The van der Waals surface area contributed by atoms with E-state index in [-0.39, 0.29) is 12.6 Å². The summed E-state index contributed by atoms with van der Waals surface area (Å²) >= 11 is 3.33. The van der Waals surface area contributed by atoms with Gasteiger partial charge in [-0.15, -0.1) is 0 Å². The van der Waals surface area contributed by atoms with Gasteiger partial charge in [0.15, 0.2) is 11.5 Å². The highest BCUT2D eigenvalue weighted by Crippen LogP contribution is 2.33. The van der Waals surface area contributed by atoms with Crippen molar-refractivity contribution in [3.05, 3.63) is 106 Å². The fourth-order valence-electron chi connectivity index (χ4n) is 4.60. The molecule has 1 aliphatic heterocycles. The number of imidazole rings is 1. The molecule has 7 heteroatoms. The molecule has 0 saturated heterocycles. The predicted octanol–water partition coefficient (Wildman–Crippen LogP) is 7.70. The van der Waals surface area contributed by atoms with Crippen LogP contribution in [0.5, 0.6) is 11.5 Å². The number of halogens is 2. The molecular weight excluding hydrogens is 545 g/mol. The van der Waals surface area contributed by atoms with Gasteiger partial charge in [0.2, 0.25) is 6.79 Å². The summed E-state index contributed by atoms with van der Waals surface area (Å²) in [6.45, 7) is 5.41. The zero-order valence-electron chi connectivity index (χ0n) is 21.4. The number of hydrogen-bond donors (Lipinski definition) is 0. The van der Waals surface area contributed by atoms with Gasteiger partial charge in [0.1, 0.15) is 11.6 Å². The highest BCUT2D eigenvalue weighted by atomic mass is 79.9. The Morgan fingerprint density at radius 2 is 1.87 bits per heavy atom. The largest absolute Gasteiger partial charge is 0.454 e. The van der Waals surface area contributed by atoms with Crippen molar-refractivity contribution < 1.29 is 13.9 Å². The topological polar surface area (TPSA) is 39.5 Å². The lowest BCUT2D eigenvalue weighted by molar-refractivity contribution is 0.174. The average Bonchev–Trinajstić information content (AvgIpc) is 3.55. The maximum Gasteiger partial charge on any atom is 0.231 e. The number of rotatable bonds is 11. The SMILES string of the molecule is CCCCn1c(CN(CC=Cc2ccc(Br)cc2F)Cc2ccc3c(c2)OCO3)cnc1-c1ccccc1. The summed E-state index contributed by atoms with van der Waals surface area (Å²) in [6.07, 6.45) is 8.04. The van der Waals surface area contributed by atoms with Crippen LogP contribution in [0.15, 0.2) is 83.5 Å². The molecule has 0 bridgehead atoms. The van der Waals surface area contributed by atoms with Crippen LogP contribution in [0, 0.1) is 5.82 Å². The Morgan fingerprint density at radius 3 is 2.68 bits per heavy atom. The van der Waals surface area contributed by atoms with E-state index in [1.165, 1.54) is 6.07 Å². The third kappa shape index (κ3) is 6.34. The number of ether oxygens (including phenoxy) is 2. The van der Waals surface area contributed by atoms with Crippen molar-refractivity contribution in [2.24, 2.45) is 0 Å². The molecule has 1 aliphatic rings. The molecule has 5 nitrogen and oxygen atoms in total. The first kappa shape index (κ1) is 26.2. The molecule has 0 N–H and O–H groups in total. The Bertz CT molecular complexity index is 1400. The minimum atomic E-state index is -0.247. The minimum absolute atomic E-state index is 0.247. The summed E-state index contributed by atoms with van der Waals surface area (Å²) in [5.74, 6) is 2.29. The van der Waals surface area contributed by atoms with E-state index in [9.17, 15) is 4.39 Å². The van der Waals surface area contributed by atoms with Crippen molar-refractivity contribution in [2.75, 3.05) is 13.3 Å². The Hall–Kier alpha value is -3.42. The normalized spacial score (nSPS) is 12.6. The molecule has 38 heavy (non-hydrogen) atoms. The van der Waals surface area contributed by atoms with Crippen LogP contribution < -0.4 is 9.47 Å². The lowest BCUT2D eigenvalue weighted by Gasteiger charge is -2.22. The van der Waals surface area contributed by atoms with Crippen molar-refractivity contribution in [1.29, 1.82) is 0 Å². The molecule has 1 aromatic heterocycles. The van der Waals surface area contributed by atoms with Crippen LogP contribution in [0.1, 0.15) is 36.6 Å². The van der Waals surface area contributed by atoms with Crippen LogP contribution in [0.3, 0.4) is 0 Å². The summed E-state index contributed by atoms with van der Waals surface area (Å²) in [4.78, 5) is 7.15. The molecule has 0 saturated carbocycles. The van der Waals surface area contributed by atoms with Crippen molar-refractivity contribution >= 4 is 22.0 Å². The van der Waals surface area contributed by atoms with Gasteiger partial charge >= 0.3 is 0 Å². The molecule has 4 aromatic rings. The molecule has 0 atom stereocenters. The molecule has 5 rings (SSSR count). The quantitative estimate of drug-likeness (QED) is 0.184. The zero-order valence-corrected chi connectivity index (χ0v) is 23.0. The van der Waals surface area contributed by atoms with Crippen molar-refractivity contribution in [2.45, 2.75) is 39.4 Å². The first-order chi connectivity index (χ1) is 18.6. The number of unbranched alkanes of at least 4 members (excludes halogenated alkanes) is 1. The molecule has 0 fully saturated rings. The Kier molecular flexibility index (Phi) is 8.56. The van der Waals surface area contributed by atoms with Crippen molar-refractivity contribution in [3.8, 4) is 22.9 Å². The Balaban J connectivity index is 1.41. The van der Waals surface area contributed by atoms with Crippen LogP contribution in [0.25, 0.3) is 17.5 Å². The third-order valence-corrected chi connectivity index (χ3v) is 7.05. The van der Waals surface area contributed by atoms with Crippen LogP contribution in [0.4, 0.5) is 4.39 Å². The second kappa shape index (κ2) is 12.4. The predicted molar refractivity (Wildman–Crippen MR) is 152 cm³/mol. The van der Waals surface area contributed by atoms with E-state index in [4.69, 9.17) is 14.5 Å². The van der Waals surface area contributed by atoms with Crippen LogP contribution in [0.2, 0.25) is 0 Å². The van der Waals surface area contributed by atoms with Crippen LogP contribution in [-0.4, -0.2) is 27.8 Å². The molecule has 3 aromatic carbocycles. The average molecular weight is 577 g/mol. The van der Waals surface area contributed by atoms with Crippen molar-refractivity contribution in [1.82, 2.24) is 14.5 Å². The maximum absolute atomic E-state index is 14.4. The number of fused-ring (bicyclic) bond motifs is 1. The van der Waals surface area contributed by atoms with Gasteiger partial charge in [-0.1, -0.05) is 83.9 Å². The summed E-state index contributed by atoms with van der Waals surface area (Å²) in [7, 11) is 0. The van der Waals surface area contributed by atoms with Gasteiger partial charge < -0.3 is 14.0 Å². The Labute approximate surface area is 231 Å². The summed E-state index contributed by atoms with van der Waals surface area (Å²) < 4.78 is 28.6. The fraction of sp³-hybridized carbons (Fsp3) is 0.258. The smallest absolute Gasteiger partial charge is 0.231 e. The number of hydrogen-bond acceptors (Lipinski definition) is 4. The van der Waals surface area contributed by atoms with Gasteiger partial charge in [0.05, 0.1) is 11.9 Å². The number of aromatic nitrogens is 2. The first-order valence-corrected chi connectivity index (χ1v) is 13.7. The van der Waals surface area contributed by atoms with E-state index < -0.39 is 0 Å². The maximum atomic E-state index is 14.4. The van der Waals surface area contributed by atoms with Crippen molar-refractivity contribution in [3.63, 3.8) is 0 Å². The first-order valence-electron chi connectivity index (χ1n) is 12.9. The molecule has 0 radical (unpaired) electrons. The van der Waals surface area contributed by atoms with Crippen LogP contribution in [-0.2, 0) is 19.6 Å². The van der Waals surface area contributed by atoms with Gasteiger partial charge in [-0.3, -0.25) is 4.90 Å². The summed E-state index contributed by atoms with van der Waals surface area (Å²) in [6, 6.07) is 21.5. The van der Waals surface area contributed by atoms with E-state index in [0.29, 0.717) is 25.2 Å². The minimum Gasteiger partial charge on any atom is -0.454 e. The standard InChI is InChI=1S/C31H31BrFN3O2/c1-2-3-16-36-27(19-34-31(36)25-8-5-4-6-9-25)21-35(15-7-10-24-12-13-26(32)18-28(24)33)20-23-11-14-29-30(17-23)38-22-37-29/h4-14,17-19H,2-3,15-16,20-22H2,1H3. The highest BCUT2D eigenvalue weighted by molar-refractivity contribution is 9.10. The van der Waals surface area contributed by atoms with E-state index in [2.05, 4.69) is 50.5 Å². The van der Waals surface area contributed by atoms with Gasteiger partial charge in [-0.05, 0) is 36.2 Å². The van der Waals surface area contributed by atoms with Gasteiger partial charge in [0.25, 0.3) is 0 Å².